The molecule has 0 saturated carbocycles. The van der Waals surface area contributed by atoms with E-state index in [0.29, 0.717) is 0 Å². The van der Waals surface area contributed by atoms with Crippen molar-refractivity contribution in [3.8, 4) is 0 Å². The molecule has 0 aliphatic rings. The van der Waals surface area contributed by atoms with E-state index in [1.54, 1.807) is 8.70 Å². The zero-order chi connectivity index (χ0) is 15.3. The van der Waals surface area contributed by atoms with E-state index in [1.165, 1.54) is 24.2 Å². The van der Waals surface area contributed by atoms with E-state index in [2.05, 4.69) is 85.5 Å². The first-order chi connectivity index (χ1) is 10.3. The van der Waals surface area contributed by atoms with Gasteiger partial charge in [0, 0.05) is 0 Å². The van der Waals surface area contributed by atoms with Gasteiger partial charge in [0.25, 0.3) is 0 Å². The third-order valence-corrected chi connectivity index (χ3v) is 8.52. The quantitative estimate of drug-likeness (QED) is 0.570. The van der Waals surface area contributed by atoms with Gasteiger partial charge >= 0.3 is 103 Å². The van der Waals surface area contributed by atoms with Crippen LogP contribution in [0.3, 0.4) is 0 Å². The fourth-order valence-corrected chi connectivity index (χ4v) is 6.79. The Balaban J connectivity index is 0.000000383. The van der Waals surface area contributed by atoms with Crippen LogP contribution >= 0.6 is 0 Å². The van der Waals surface area contributed by atoms with Crippen molar-refractivity contribution >= 4 is 23.4 Å². The first-order valence-electron chi connectivity index (χ1n) is 7.08. The van der Waals surface area contributed by atoms with Crippen molar-refractivity contribution in [2.45, 2.75) is 18.6 Å². The molecule has 2 heteroatoms. The number of hydrogen-bond donors (Lipinski definition) is 0. The molecule has 110 valence electrons. The Labute approximate surface area is 133 Å². The van der Waals surface area contributed by atoms with Crippen LogP contribution in [0.15, 0.2) is 86.3 Å². The molecule has 0 aromatic heterocycles. The molecule has 0 saturated heterocycles. The van der Waals surface area contributed by atoms with E-state index < -0.39 is 14.7 Å². The summed E-state index contributed by atoms with van der Waals surface area (Å²) in [4.78, 5) is 0. The number of benzene rings is 2. The molecule has 0 unspecified atom stereocenters. The Bertz CT molecular complexity index is 462. The van der Waals surface area contributed by atoms with Gasteiger partial charge in [-0.15, -0.1) is 0 Å². The Morgan fingerprint density at radius 2 is 1.29 bits per heavy atom. The minimum atomic E-state index is -1.03. The standard InChI is InChI=1S/C15H17As.C4H6O/c1-2-13-16(14-9-5-3-6-10-14)15-11-7-4-8-12-15;1-3-5-4-2/h3-12H,2,13H2,1H3;3-4H,1-2H2. The van der Waals surface area contributed by atoms with Crippen LogP contribution in [0, 0.1) is 0 Å². The molecule has 0 fully saturated rings. The van der Waals surface area contributed by atoms with E-state index in [9.17, 15) is 0 Å². The second-order valence-electron chi connectivity index (χ2n) is 4.29. The minimum absolute atomic E-state index is 1.03. The predicted octanol–water partition coefficient (Wildman–Crippen LogP) is 4.00. The predicted molar refractivity (Wildman–Crippen MR) is 94.5 cm³/mol. The van der Waals surface area contributed by atoms with Crippen molar-refractivity contribution < 1.29 is 4.74 Å². The van der Waals surface area contributed by atoms with Gasteiger partial charge in [0.2, 0.25) is 0 Å². The first-order valence-corrected chi connectivity index (χ1v) is 10.3. The first kappa shape index (κ1) is 17.3. The van der Waals surface area contributed by atoms with Gasteiger partial charge in [0.1, 0.15) is 0 Å². The molecule has 0 aliphatic carbocycles. The van der Waals surface area contributed by atoms with Gasteiger partial charge in [-0.1, -0.05) is 13.2 Å². The molecule has 2 aromatic carbocycles. The van der Waals surface area contributed by atoms with Crippen molar-refractivity contribution in [1.82, 2.24) is 0 Å². The molecule has 21 heavy (non-hydrogen) atoms. The molecule has 2 rings (SSSR count). The monoisotopic (exact) mass is 342 g/mol. The Kier molecular flexibility index (Phi) is 9.07. The third kappa shape index (κ3) is 6.51. The molecule has 1 nitrogen and oxygen atoms in total. The fourth-order valence-electron chi connectivity index (χ4n) is 1.91. The van der Waals surface area contributed by atoms with Crippen LogP contribution in [0.2, 0.25) is 5.21 Å². The van der Waals surface area contributed by atoms with Crippen molar-refractivity contribution in [2.75, 3.05) is 0 Å². The Morgan fingerprint density at radius 1 is 0.857 bits per heavy atom. The second-order valence-corrected chi connectivity index (χ2v) is 9.19. The van der Waals surface area contributed by atoms with Crippen LogP contribution in [0.25, 0.3) is 0 Å². The van der Waals surface area contributed by atoms with E-state index in [4.69, 9.17) is 0 Å². The fraction of sp³-hybridized carbons (Fsp3) is 0.158. The van der Waals surface area contributed by atoms with Crippen LogP contribution in [0.4, 0.5) is 0 Å². The summed E-state index contributed by atoms with van der Waals surface area (Å²) in [5.74, 6) is 0. The van der Waals surface area contributed by atoms with Crippen LogP contribution in [-0.4, -0.2) is 14.7 Å². The van der Waals surface area contributed by atoms with Gasteiger partial charge in [-0.05, 0) is 0 Å². The number of hydrogen-bond acceptors (Lipinski definition) is 1. The van der Waals surface area contributed by atoms with Crippen LogP contribution in [0.5, 0.6) is 0 Å². The summed E-state index contributed by atoms with van der Waals surface area (Å²) in [6, 6.07) is 22.0. The van der Waals surface area contributed by atoms with Crippen molar-refractivity contribution in [1.29, 1.82) is 0 Å². The van der Waals surface area contributed by atoms with Gasteiger partial charge in [-0.2, -0.15) is 0 Å². The van der Waals surface area contributed by atoms with E-state index in [0.717, 1.165) is 0 Å². The third-order valence-electron chi connectivity index (χ3n) is 2.78. The van der Waals surface area contributed by atoms with Gasteiger partial charge in [0.05, 0.1) is 12.5 Å². The molecular weight excluding hydrogens is 319 g/mol. The zero-order valence-electron chi connectivity index (χ0n) is 12.6. The summed E-state index contributed by atoms with van der Waals surface area (Å²) in [5.41, 5.74) is 0. The Morgan fingerprint density at radius 3 is 1.57 bits per heavy atom. The molecule has 0 spiro atoms. The van der Waals surface area contributed by atoms with E-state index >= 15 is 0 Å². The molecule has 2 aromatic rings. The maximum atomic E-state index is 4.36. The number of ether oxygens (including phenoxy) is 1. The summed E-state index contributed by atoms with van der Waals surface area (Å²) < 4.78 is 7.51. The van der Waals surface area contributed by atoms with Crippen LogP contribution in [-0.2, 0) is 4.74 Å². The van der Waals surface area contributed by atoms with E-state index in [1.807, 2.05) is 0 Å². The topological polar surface area (TPSA) is 9.23 Å². The average molecular weight is 342 g/mol. The van der Waals surface area contributed by atoms with Gasteiger partial charge in [-0.3, -0.25) is 0 Å². The molecule has 0 heterocycles. The van der Waals surface area contributed by atoms with Crippen LogP contribution < -0.4 is 8.70 Å². The summed E-state index contributed by atoms with van der Waals surface area (Å²) in [6.45, 7) is 8.80. The molecule has 0 N–H and O–H groups in total. The SMILES string of the molecule is C=COC=C.CCC[As](c1ccccc1)c1ccccc1. The molecule has 0 radical (unpaired) electrons. The summed E-state index contributed by atoms with van der Waals surface area (Å²) in [6.07, 6.45) is 3.91. The van der Waals surface area contributed by atoms with Gasteiger partial charge in [0.15, 0.2) is 0 Å². The van der Waals surface area contributed by atoms with Crippen molar-refractivity contribution in [3.05, 3.63) is 86.3 Å². The average Bonchev–Trinajstić information content (AvgIpc) is 2.56. The summed E-state index contributed by atoms with van der Waals surface area (Å²) in [7, 11) is 0. The zero-order valence-corrected chi connectivity index (χ0v) is 14.5. The van der Waals surface area contributed by atoms with Crippen molar-refractivity contribution in [2.24, 2.45) is 0 Å². The van der Waals surface area contributed by atoms with Crippen molar-refractivity contribution in [3.63, 3.8) is 0 Å². The molecule has 0 amide bonds. The van der Waals surface area contributed by atoms with Crippen LogP contribution in [0.1, 0.15) is 13.3 Å². The summed E-state index contributed by atoms with van der Waals surface area (Å²) in [5, 5.41) is 1.36. The molecular formula is C19H23AsO. The maximum absolute atomic E-state index is 4.36. The van der Waals surface area contributed by atoms with Gasteiger partial charge < -0.3 is 4.74 Å². The summed E-state index contributed by atoms with van der Waals surface area (Å²) >= 11 is -1.03. The number of rotatable bonds is 6. The molecule has 0 aliphatic heterocycles. The van der Waals surface area contributed by atoms with Gasteiger partial charge in [-0.25, -0.2) is 0 Å². The second kappa shape index (κ2) is 11.0. The molecule has 0 atom stereocenters. The normalized spacial score (nSPS) is 9.43. The molecule has 0 bridgehead atoms. The Hall–Kier alpha value is -1.72. The van der Waals surface area contributed by atoms with E-state index in [-0.39, 0.29) is 0 Å².